The lowest BCUT2D eigenvalue weighted by Crippen LogP contribution is -2.01. The molecule has 0 saturated heterocycles. The maximum atomic E-state index is 11.0. The highest BCUT2D eigenvalue weighted by Crippen LogP contribution is 2.35. The molecular weight excluding hydrogens is 537 g/mol. The zero-order valence-electron chi connectivity index (χ0n) is 17.4. The number of carbonyl (C=O) groups is 2. The molecule has 3 rings (SSSR count). The van der Waals surface area contributed by atoms with Crippen LogP contribution >= 0.6 is 22.6 Å². The van der Waals surface area contributed by atoms with Crippen LogP contribution in [-0.2, 0) is 6.61 Å². The summed E-state index contributed by atoms with van der Waals surface area (Å²) >= 11 is 2.12. The Morgan fingerprint density at radius 1 is 0.970 bits per heavy atom. The van der Waals surface area contributed by atoms with Gasteiger partial charge in [0, 0.05) is 0 Å². The predicted molar refractivity (Wildman–Crippen MR) is 130 cm³/mol. The second-order valence-corrected chi connectivity index (χ2v) is 8.04. The van der Waals surface area contributed by atoms with E-state index in [9.17, 15) is 14.9 Å². The Hall–Kier alpha value is -3.84. The van der Waals surface area contributed by atoms with Crippen LogP contribution in [-0.4, -0.2) is 29.3 Å². The maximum Gasteiger partial charge on any atom is 0.335 e. The van der Waals surface area contributed by atoms with Crippen LogP contribution < -0.4 is 9.47 Å². The molecule has 0 fully saturated rings. The quantitative estimate of drug-likeness (QED) is 0.219. The minimum absolute atomic E-state index is 0.145. The molecule has 0 aliphatic heterocycles. The number of carboxylic acid groups (broad SMARTS) is 2. The number of ether oxygens (including phenoxy) is 2. The summed E-state index contributed by atoms with van der Waals surface area (Å²) in [5.41, 5.74) is 2.84. The largest absolute Gasteiger partial charge is 0.493 e. The lowest BCUT2D eigenvalue weighted by Gasteiger charge is -2.14. The molecule has 166 valence electrons. The van der Waals surface area contributed by atoms with E-state index in [1.807, 2.05) is 6.07 Å². The summed E-state index contributed by atoms with van der Waals surface area (Å²) in [6.07, 6.45) is 1.69. The van der Waals surface area contributed by atoms with E-state index in [0.29, 0.717) is 28.2 Å². The Kier molecular flexibility index (Phi) is 7.69. The number of methoxy groups -OCH3 is 1. The molecule has 0 spiro atoms. The van der Waals surface area contributed by atoms with Crippen LogP contribution in [0.15, 0.2) is 60.7 Å². The molecule has 3 aromatic carbocycles. The van der Waals surface area contributed by atoms with Gasteiger partial charge in [-0.1, -0.05) is 24.3 Å². The van der Waals surface area contributed by atoms with Crippen LogP contribution in [0.3, 0.4) is 0 Å². The topological polar surface area (TPSA) is 117 Å². The van der Waals surface area contributed by atoms with Crippen molar-refractivity contribution in [3.8, 4) is 17.6 Å². The molecule has 0 atom stereocenters. The van der Waals surface area contributed by atoms with Crippen molar-refractivity contribution in [2.45, 2.75) is 6.61 Å². The van der Waals surface area contributed by atoms with Gasteiger partial charge in [0.25, 0.3) is 0 Å². The molecule has 0 bridgehead atoms. The van der Waals surface area contributed by atoms with Crippen LogP contribution in [0.25, 0.3) is 11.6 Å². The summed E-state index contributed by atoms with van der Waals surface area (Å²) in [5, 5.41) is 27.7. The average Bonchev–Trinajstić information content (AvgIpc) is 2.81. The van der Waals surface area contributed by atoms with Crippen LogP contribution in [0, 0.1) is 14.9 Å². The van der Waals surface area contributed by atoms with Gasteiger partial charge in [-0.25, -0.2) is 9.59 Å². The van der Waals surface area contributed by atoms with Gasteiger partial charge in [0.15, 0.2) is 11.5 Å². The van der Waals surface area contributed by atoms with Crippen molar-refractivity contribution in [1.82, 2.24) is 0 Å². The van der Waals surface area contributed by atoms with Crippen molar-refractivity contribution in [3.05, 3.63) is 92.1 Å². The first-order valence-corrected chi connectivity index (χ1v) is 10.7. The standard InChI is InChI=1S/C25H18INO6/c1-32-22-12-16(10-20(13-27)17-6-8-19(9-7-17)25(30)31)11-21(26)23(22)33-14-15-2-4-18(5-3-15)24(28)29/h2-12H,14H2,1H3,(H,28,29)(H,30,31)/b20-10-. The van der Waals surface area contributed by atoms with Crippen molar-refractivity contribution < 1.29 is 29.3 Å². The first-order valence-electron chi connectivity index (χ1n) is 9.60. The summed E-state index contributed by atoms with van der Waals surface area (Å²) < 4.78 is 12.2. The van der Waals surface area contributed by atoms with E-state index >= 15 is 0 Å². The van der Waals surface area contributed by atoms with E-state index in [0.717, 1.165) is 9.13 Å². The normalized spacial score (nSPS) is 10.9. The lowest BCUT2D eigenvalue weighted by atomic mass is 10.0. The van der Waals surface area contributed by atoms with E-state index in [1.165, 1.54) is 31.4 Å². The SMILES string of the molecule is COc1cc(/C=C(/C#N)c2ccc(C(=O)O)cc2)cc(I)c1OCc1ccc(C(=O)O)cc1. The molecular formula is C25H18INO6. The average molecular weight is 555 g/mol. The molecule has 0 heterocycles. The van der Waals surface area contributed by atoms with Gasteiger partial charge in [0.05, 0.1) is 33.4 Å². The van der Waals surface area contributed by atoms with Gasteiger partial charge in [-0.3, -0.25) is 0 Å². The fraction of sp³-hybridized carbons (Fsp3) is 0.0800. The fourth-order valence-corrected chi connectivity index (χ4v) is 3.78. The third-order valence-corrected chi connectivity index (χ3v) is 5.51. The minimum atomic E-state index is -1.03. The van der Waals surface area contributed by atoms with Crippen molar-refractivity contribution >= 4 is 46.2 Å². The maximum absolute atomic E-state index is 11.0. The van der Waals surface area contributed by atoms with Gasteiger partial charge in [0.1, 0.15) is 6.61 Å². The number of carboxylic acids is 2. The number of nitrogens with zero attached hydrogens (tertiary/aromatic N) is 1. The fourth-order valence-electron chi connectivity index (χ4n) is 3.00. The Morgan fingerprint density at radius 2 is 1.52 bits per heavy atom. The van der Waals surface area contributed by atoms with Gasteiger partial charge in [0.2, 0.25) is 0 Å². The molecule has 0 amide bonds. The summed E-state index contributed by atoms with van der Waals surface area (Å²) in [5.74, 6) is -1.01. The Morgan fingerprint density at radius 3 is 2.03 bits per heavy atom. The summed E-state index contributed by atoms with van der Waals surface area (Å²) in [7, 11) is 1.52. The molecule has 0 aliphatic rings. The smallest absolute Gasteiger partial charge is 0.335 e. The van der Waals surface area contributed by atoms with Gasteiger partial charge < -0.3 is 19.7 Å². The molecule has 0 unspecified atom stereocenters. The van der Waals surface area contributed by atoms with Gasteiger partial charge in [-0.05, 0) is 81.8 Å². The van der Waals surface area contributed by atoms with E-state index in [4.69, 9.17) is 19.7 Å². The molecule has 3 aromatic rings. The summed E-state index contributed by atoms with van der Waals surface area (Å²) in [6.45, 7) is 0.223. The zero-order chi connectivity index (χ0) is 24.0. The van der Waals surface area contributed by atoms with Crippen LogP contribution in [0.5, 0.6) is 11.5 Å². The lowest BCUT2D eigenvalue weighted by molar-refractivity contribution is 0.0686. The molecule has 7 nitrogen and oxygen atoms in total. The Bertz CT molecular complexity index is 1260. The molecule has 8 heteroatoms. The monoisotopic (exact) mass is 555 g/mol. The third-order valence-electron chi connectivity index (χ3n) is 4.71. The predicted octanol–water partition coefficient (Wildman–Crippen LogP) is 5.34. The highest BCUT2D eigenvalue weighted by atomic mass is 127. The summed E-state index contributed by atoms with van der Waals surface area (Å²) in [4.78, 5) is 22.0. The first-order chi connectivity index (χ1) is 15.8. The van der Waals surface area contributed by atoms with Crippen molar-refractivity contribution in [2.24, 2.45) is 0 Å². The Labute approximate surface area is 203 Å². The second-order valence-electron chi connectivity index (χ2n) is 6.88. The number of aromatic carboxylic acids is 2. The van der Waals surface area contributed by atoms with Crippen LogP contribution in [0.4, 0.5) is 0 Å². The number of halogens is 1. The van der Waals surface area contributed by atoms with Crippen molar-refractivity contribution in [3.63, 3.8) is 0 Å². The van der Waals surface area contributed by atoms with Crippen molar-refractivity contribution in [2.75, 3.05) is 7.11 Å². The number of nitriles is 1. The van der Waals surface area contributed by atoms with E-state index in [-0.39, 0.29) is 17.7 Å². The van der Waals surface area contributed by atoms with Gasteiger partial charge in [-0.15, -0.1) is 0 Å². The number of hydrogen-bond acceptors (Lipinski definition) is 5. The Balaban J connectivity index is 1.84. The third kappa shape index (κ3) is 5.90. The number of rotatable bonds is 8. The molecule has 2 N–H and O–H groups in total. The van der Waals surface area contributed by atoms with Crippen LogP contribution in [0.1, 0.15) is 37.4 Å². The van der Waals surface area contributed by atoms with E-state index < -0.39 is 11.9 Å². The summed E-state index contributed by atoms with van der Waals surface area (Å²) in [6, 6.07) is 18.2. The van der Waals surface area contributed by atoms with Gasteiger partial charge >= 0.3 is 11.9 Å². The second kappa shape index (κ2) is 10.7. The van der Waals surface area contributed by atoms with Gasteiger partial charge in [-0.2, -0.15) is 5.26 Å². The van der Waals surface area contributed by atoms with E-state index in [1.54, 1.807) is 36.4 Å². The highest BCUT2D eigenvalue weighted by Gasteiger charge is 2.13. The van der Waals surface area contributed by atoms with E-state index in [2.05, 4.69) is 28.7 Å². The number of allylic oxidation sites excluding steroid dienone is 1. The number of benzene rings is 3. The highest BCUT2D eigenvalue weighted by molar-refractivity contribution is 14.1. The molecule has 0 saturated carbocycles. The first kappa shape index (κ1) is 23.8. The van der Waals surface area contributed by atoms with Crippen molar-refractivity contribution in [1.29, 1.82) is 5.26 Å². The molecule has 0 radical (unpaired) electrons. The van der Waals surface area contributed by atoms with Crippen LogP contribution in [0.2, 0.25) is 0 Å². The number of hydrogen-bond donors (Lipinski definition) is 2. The molecule has 0 aliphatic carbocycles. The zero-order valence-corrected chi connectivity index (χ0v) is 19.6. The molecule has 0 aromatic heterocycles. The molecule has 33 heavy (non-hydrogen) atoms. The minimum Gasteiger partial charge on any atom is -0.493 e.